The van der Waals surface area contributed by atoms with E-state index < -0.39 is 0 Å². The summed E-state index contributed by atoms with van der Waals surface area (Å²) in [6.07, 6.45) is 5.94. The van der Waals surface area contributed by atoms with Crippen LogP contribution in [0.3, 0.4) is 0 Å². The number of unbranched alkanes of at least 4 members (excludes halogenated alkanes) is 1. The first-order chi connectivity index (χ1) is 8.26. The number of nitrogens with zero attached hydrogens (tertiary/aromatic N) is 1. The van der Waals surface area contributed by atoms with E-state index in [1.807, 2.05) is 6.07 Å². The Kier molecular flexibility index (Phi) is 4.21. The average Bonchev–Trinajstić information content (AvgIpc) is 3.14. The zero-order valence-electron chi connectivity index (χ0n) is 10.2. The molecule has 3 heteroatoms. The number of anilines is 1. The Bertz CT molecular complexity index is 401. The molecule has 0 unspecified atom stereocenters. The van der Waals surface area contributed by atoms with Gasteiger partial charge in [0.1, 0.15) is 0 Å². The maximum absolute atomic E-state index is 10.8. The summed E-state index contributed by atoms with van der Waals surface area (Å²) in [6, 6.07) is 6.74. The molecule has 92 valence electrons. The minimum atomic E-state index is 0.718. The molecule has 0 saturated heterocycles. The summed E-state index contributed by atoms with van der Waals surface area (Å²) in [5.74, 6) is 0. The lowest BCUT2D eigenvalue weighted by Gasteiger charge is -2.25. The molecule has 0 bridgehead atoms. The topological polar surface area (TPSA) is 20.3 Å². The van der Waals surface area contributed by atoms with Crippen molar-refractivity contribution >= 4 is 27.9 Å². The molecule has 2 nitrogen and oxygen atoms in total. The fraction of sp³-hybridized carbons (Fsp3) is 0.500. The molecule has 0 amide bonds. The highest BCUT2D eigenvalue weighted by Crippen LogP contribution is 2.33. The first-order valence-electron chi connectivity index (χ1n) is 6.27. The Balaban J connectivity index is 2.17. The van der Waals surface area contributed by atoms with E-state index in [2.05, 4.69) is 39.9 Å². The Labute approximate surface area is 111 Å². The first kappa shape index (κ1) is 12.6. The fourth-order valence-corrected chi connectivity index (χ4v) is 2.49. The van der Waals surface area contributed by atoms with Crippen LogP contribution in [0.4, 0.5) is 5.69 Å². The van der Waals surface area contributed by atoms with Gasteiger partial charge in [-0.25, -0.2) is 0 Å². The SMILES string of the molecule is CCCCN(c1ccc(C=O)c(Br)c1)C1CC1. The van der Waals surface area contributed by atoms with Gasteiger partial charge in [0, 0.05) is 28.3 Å². The number of carbonyl (C=O) groups excluding carboxylic acids is 1. The van der Waals surface area contributed by atoms with Crippen LogP contribution in [0.1, 0.15) is 43.0 Å². The normalized spacial score (nSPS) is 14.7. The monoisotopic (exact) mass is 295 g/mol. The summed E-state index contributed by atoms with van der Waals surface area (Å²) >= 11 is 3.46. The lowest BCUT2D eigenvalue weighted by molar-refractivity contribution is 0.112. The third-order valence-corrected chi connectivity index (χ3v) is 3.87. The van der Waals surface area contributed by atoms with E-state index in [0.717, 1.165) is 28.9 Å². The number of carbonyl (C=O) groups is 1. The predicted molar refractivity (Wildman–Crippen MR) is 74.8 cm³/mol. The lowest BCUT2D eigenvalue weighted by Crippen LogP contribution is -2.26. The van der Waals surface area contributed by atoms with Gasteiger partial charge in [-0.05, 0) is 53.4 Å². The fourth-order valence-electron chi connectivity index (χ4n) is 2.03. The molecule has 1 aromatic carbocycles. The minimum Gasteiger partial charge on any atom is -0.369 e. The van der Waals surface area contributed by atoms with E-state index in [-0.39, 0.29) is 0 Å². The molecule has 0 aliphatic heterocycles. The molecule has 1 fully saturated rings. The van der Waals surface area contributed by atoms with E-state index in [1.165, 1.54) is 31.4 Å². The van der Waals surface area contributed by atoms with Crippen LogP contribution < -0.4 is 4.90 Å². The third kappa shape index (κ3) is 3.09. The van der Waals surface area contributed by atoms with Crippen LogP contribution in [0, 0.1) is 0 Å². The van der Waals surface area contributed by atoms with E-state index >= 15 is 0 Å². The van der Waals surface area contributed by atoms with Crippen LogP contribution >= 0.6 is 15.9 Å². The van der Waals surface area contributed by atoms with Crippen molar-refractivity contribution in [1.29, 1.82) is 0 Å². The molecule has 1 aliphatic carbocycles. The number of halogens is 1. The van der Waals surface area contributed by atoms with Gasteiger partial charge >= 0.3 is 0 Å². The van der Waals surface area contributed by atoms with Crippen LogP contribution in [0.5, 0.6) is 0 Å². The van der Waals surface area contributed by atoms with Gasteiger partial charge in [-0.2, -0.15) is 0 Å². The number of hydrogen-bond acceptors (Lipinski definition) is 2. The van der Waals surface area contributed by atoms with Crippen LogP contribution in [0.15, 0.2) is 22.7 Å². The Morgan fingerprint density at radius 1 is 1.47 bits per heavy atom. The van der Waals surface area contributed by atoms with Crippen molar-refractivity contribution in [3.63, 3.8) is 0 Å². The Morgan fingerprint density at radius 2 is 2.24 bits per heavy atom. The molecule has 0 aromatic heterocycles. The summed E-state index contributed by atoms with van der Waals surface area (Å²) < 4.78 is 0.896. The summed E-state index contributed by atoms with van der Waals surface area (Å²) in [4.78, 5) is 13.3. The second-order valence-corrected chi connectivity index (χ2v) is 5.46. The summed E-state index contributed by atoms with van der Waals surface area (Å²) in [6.45, 7) is 3.34. The van der Waals surface area contributed by atoms with E-state index in [0.29, 0.717) is 0 Å². The van der Waals surface area contributed by atoms with Crippen LogP contribution in [0.25, 0.3) is 0 Å². The van der Waals surface area contributed by atoms with Crippen LogP contribution in [0.2, 0.25) is 0 Å². The number of aldehydes is 1. The highest BCUT2D eigenvalue weighted by atomic mass is 79.9. The maximum atomic E-state index is 10.8. The molecular weight excluding hydrogens is 278 g/mol. The summed E-state index contributed by atoms with van der Waals surface area (Å²) in [5.41, 5.74) is 1.96. The number of rotatable bonds is 6. The van der Waals surface area contributed by atoms with E-state index in [1.54, 1.807) is 0 Å². The predicted octanol–water partition coefficient (Wildman–Crippen LogP) is 4.03. The van der Waals surface area contributed by atoms with Gasteiger partial charge in [-0.1, -0.05) is 13.3 Å². The van der Waals surface area contributed by atoms with Gasteiger partial charge in [0.15, 0.2) is 6.29 Å². The van der Waals surface area contributed by atoms with Crippen molar-refractivity contribution in [2.75, 3.05) is 11.4 Å². The second kappa shape index (κ2) is 5.67. The van der Waals surface area contributed by atoms with Crippen molar-refractivity contribution in [2.45, 2.75) is 38.6 Å². The van der Waals surface area contributed by atoms with Gasteiger partial charge in [-0.15, -0.1) is 0 Å². The molecule has 1 aliphatic rings. The third-order valence-electron chi connectivity index (χ3n) is 3.18. The molecule has 1 aromatic rings. The zero-order chi connectivity index (χ0) is 12.3. The van der Waals surface area contributed by atoms with Gasteiger partial charge in [0.05, 0.1) is 0 Å². The van der Waals surface area contributed by atoms with Crippen molar-refractivity contribution in [1.82, 2.24) is 0 Å². The summed E-state index contributed by atoms with van der Waals surface area (Å²) in [5, 5.41) is 0. The highest BCUT2D eigenvalue weighted by Gasteiger charge is 2.28. The Morgan fingerprint density at radius 3 is 2.76 bits per heavy atom. The molecule has 0 radical (unpaired) electrons. The van der Waals surface area contributed by atoms with Crippen molar-refractivity contribution in [3.8, 4) is 0 Å². The zero-order valence-corrected chi connectivity index (χ0v) is 11.7. The van der Waals surface area contributed by atoms with Gasteiger partial charge < -0.3 is 4.90 Å². The molecule has 2 rings (SSSR count). The molecule has 0 spiro atoms. The Hall–Kier alpha value is -0.830. The van der Waals surface area contributed by atoms with Gasteiger partial charge in [-0.3, -0.25) is 4.79 Å². The largest absolute Gasteiger partial charge is 0.369 e. The van der Waals surface area contributed by atoms with Crippen LogP contribution in [-0.2, 0) is 0 Å². The maximum Gasteiger partial charge on any atom is 0.151 e. The lowest BCUT2D eigenvalue weighted by atomic mass is 10.2. The van der Waals surface area contributed by atoms with Crippen molar-refractivity contribution < 1.29 is 4.79 Å². The van der Waals surface area contributed by atoms with E-state index in [9.17, 15) is 4.79 Å². The molecule has 1 saturated carbocycles. The van der Waals surface area contributed by atoms with Crippen LogP contribution in [-0.4, -0.2) is 18.9 Å². The summed E-state index contributed by atoms with van der Waals surface area (Å²) in [7, 11) is 0. The molecule has 17 heavy (non-hydrogen) atoms. The molecular formula is C14H18BrNO. The smallest absolute Gasteiger partial charge is 0.151 e. The van der Waals surface area contributed by atoms with Gasteiger partial charge in [0.25, 0.3) is 0 Å². The molecule has 0 atom stereocenters. The van der Waals surface area contributed by atoms with E-state index in [4.69, 9.17) is 0 Å². The quantitative estimate of drug-likeness (QED) is 0.739. The standard InChI is InChI=1S/C14H18BrNO/c1-2-3-8-16(12-6-7-12)13-5-4-11(10-17)14(15)9-13/h4-5,9-10,12H,2-3,6-8H2,1H3. The minimum absolute atomic E-state index is 0.718. The number of benzene rings is 1. The highest BCUT2D eigenvalue weighted by molar-refractivity contribution is 9.10. The average molecular weight is 296 g/mol. The van der Waals surface area contributed by atoms with Crippen molar-refractivity contribution in [2.24, 2.45) is 0 Å². The number of hydrogen-bond donors (Lipinski definition) is 0. The second-order valence-electron chi connectivity index (χ2n) is 4.60. The van der Waals surface area contributed by atoms with Gasteiger partial charge in [0.2, 0.25) is 0 Å². The van der Waals surface area contributed by atoms with Crippen molar-refractivity contribution in [3.05, 3.63) is 28.2 Å². The molecule has 0 N–H and O–H groups in total. The molecule has 0 heterocycles. The first-order valence-corrected chi connectivity index (χ1v) is 7.07.